The highest BCUT2D eigenvalue weighted by Gasteiger charge is 2.16. The molecule has 84 valence electrons. The lowest BCUT2D eigenvalue weighted by atomic mass is 9.98. The fraction of sp³-hybridized carbons (Fsp3) is 0.500. The minimum absolute atomic E-state index is 0.0374. The van der Waals surface area contributed by atoms with Gasteiger partial charge in [-0.3, -0.25) is 0 Å². The van der Waals surface area contributed by atoms with Crippen LogP contribution in [0.1, 0.15) is 29.7 Å². The number of benzene rings is 1. The van der Waals surface area contributed by atoms with Crippen LogP contribution in [0.25, 0.3) is 0 Å². The fourth-order valence-corrected chi connectivity index (χ4v) is 1.92. The summed E-state index contributed by atoms with van der Waals surface area (Å²) in [6.45, 7) is 5.95. The van der Waals surface area contributed by atoms with Gasteiger partial charge in [-0.05, 0) is 32.4 Å². The van der Waals surface area contributed by atoms with E-state index in [9.17, 15) is 0 Å². The SMILES string of the molecule is COc1cc(C)c(C(C)N)c(OC)c1C. The van der Waals surface area contributed by atoms with E-state index in [1.54, 1.807) is 14.2 Å². The molecule has 0 heterocycles. The van der Waals surface area contributed by atoms with Crippen molar-refractivity contribution in [3.8, 4) is 11.5 Å². The van der Waals surface area contributed by atoms with Gasteiger partial charge in [0.25, 0.3) is 0 Å². The predicted octanol–water partition coefficient (Wildman–Crippen LogP) is 2.34. The number of nitrogens with two attached hydrogens (primary N) is 1. The van der Waals surface area contributed by atoms with Gasteiger partial charge in [-0.15, -0.1) is 0 Å². The van der Waals surface area contributed by atoms with E-state index in [4.69, 9.17) is 15.2 Å². The first-order chi connectivity index (χ1) is 7.02. The smallest absolute Gasteiger partial charge is 0.130 e. The molecule has 2 N–H and O–H groups in total. The van der Waals surface area contributed by atoms with Gasteiger partial charge in [0.2, 0.25) is 0 Å². The van der Waals surface area contributed by atoms with Gasteiger partial charge in [0.05, 0.1) is 14.2 Å². The summed E-state index contributed by atoms with van der Waals surface area (Å²) >= 11 is 0. The van der Waals surface area contributed by atoms with Crippen molar-refractivity contribution in [3.05, 3.63) is 22.8 Å². The van der Waals surface area contributed by atoms with Crippen molar-refractivity contribution in [2.24, 2.45) is 5.73 Å². The van der Waals surface area contributed by atoms with E-state index < -0.39 is 0 Å². The molecule has 0 aliphatic carbocycles. The number of rotatable bonds is 3. The van der Waals surface area contributed by atoms with Crippen LogP contribution < -0.4 is 15.2 Å². The van der Waals surface area contributed by atoms with Crippen molar-refractivity contribution >= 4 is 0 Å². The summed E-state index contributed by atoms with van der Waals surface area (Å²) in [5.41, 5.74) is 9.08. The van der Waals surface area contributed by atoms with Crippen LogP contribution in [0, 0.1) is 13.8 Å². The lowest BCUT2D eigenvalue weighted by Gasteiger charge is -2.19. The molecule has 1 rings (SSSR count). The van der Waals surface area contributed by atoms with Crippen LogP contribution in [0.5, 0.6) is 11.5 Å². The lowest BCUT2D eigenvalue weighted by Crippen LogP contribution is -2.10. The molecular weight excluding hydrogens is 190 g/mol. The zero-order valence-electron chi connectivity index (χ0n) is 10.0. The van der Waals surface area contributed by atoms with Gasteiger partial charge in [0.15, 0.2) is 0 Å². The van der Waals surface area contributed by atoms with Crippen LogP contribution in [-0.4, -0.2) is 14.2 Å². The molecule has 0 spiro atoms. The zero-order valence-corrected chi connectivity index (χ0v) is 10.0. The Labute approximate surface area is 91.2 Å². The van der Waals surface area contributed by atoms with E-state index in [1.807, 2.05) is 26.8 Å². The highest BCUT2D eigenvalue weighted by Crippen LogP contribution is 2.36. The second kappa shape index (κ2) is 4.53. The molecule has 0 fully saturated rings. The average molecular weight is 209 g/mol. The molecule has 1 aromatic rings. The van der Waals surface area contributed by atoms with Crippen LogP contribution >= 0.6 is 0 Å². The molecule has 1 aromatic carbocycles. The van der Waals surface area contributed by atoms with Gasteiger partial charge >= 0.3 is 0 Å². The molecule has 1 unspecified atom stereocenters. The molecule has 0 saturated heterocycles. The Hall–Kier alpha value is -1.22. The van der Waals surface area contributed by atoms with Gasteiger partial charge in [0, 0.05) is 17.2 Å². The third-order valence-corrected chi connectivity index (χ3v) is 2.61. The van der Waals surface area contributed by atoms with E-state index >= 15 is 0 Å². The number of hydrogen-bond donors (Lipinski definition) is 1. The zero-order chi connectivity index (χ0) is 11.6. The summed E-state index contributed by atoms with van der Waals surface area (Å²) in [5.74, 6) is 1.68. The topological polar surface area (TPSA) is 44.5 Å². The summed E-state index contributed by atoms with van der Waals surface area (Å²) in [6.07, 6.45) is 0. The summed E-state index contributed by atoms with van der Waals surface area (Å²) in [5, 5.41) is 0. The van der Waals surface area contributed by atoms with Crippen LogP contribution in [0.4, 0.5) is 0 Å². The van der Waals surface area contributed by atoms with E-state index in [1.165, 1.54) is 0 Å². The van der Waals surface area contributed by atoms with E-state index in [2.05, 4.69) is 0 Å². The lowest BCUT2D eigenvalue weighted by molar-refractivity contribution is 0.383. The number of aryl methyl sites for hydroxylation is 1. The molecule has 0 aliphatic rings. The minimum atomic E-state index is -0.0374. The van der Waals surface area contributed by atoms with Crippen LogP contribution in [0.2, 0.25) is 0 Å². The number of hydrogen-bond acceptors (Lipinski definition) is 3. The molecule has 0 aliphatic heterocycles. The monoisotopic (exact) mass is 209 g/mol. The number of methoxy groups -OCH3 is 2. The normalized spacial score (nSPS) is 12.4. The molecule has 3 nitrogen and oxygen atoms in total. The minimum Gasteiger partial charge on any atom is -0.496 e. The molecule has 3 heteroatoms. The predicted molar refractivity (Wildman–Crippen MR) is 61.6 cm³/mol. The van der Waals surface area contributed by atoms with Crippen molar-refractivity contribution in [2.75, 3.05) is 14.2 Å². The molecule has 15 heavy (non-hydrogen) atoms. The standard InChI is InChI=1S/C12H19NO2/c1-7-6-10(14-4)8(2)12(15-5)11(7)9(3)13/h6,9H,13H2,1-5H3. The summed E-state index contributed by atoms with van der Waals surface area (Å²) in [4.78, 5) is 0. The first-order valence-corrected chi connectivity index (χ1v) is 5.00. The Morgan fingerprint density at radius 3 is 2.20 bits per heavy atom. The maximum absolute atomic E-state index is 5.93. The van der Waals surface area contributed by atoms with Crippen molar-refractivity contribution in [1.29, 1.82) is 0 Å². The maximum Gasteiger partial charge on any atom is 0.130 e. The van der Waals surface area contributed by atoms with Gasteiger partial charge in [-0.2, -0.15) is 0 Å². The quantitative estimate of drug-likeness (QED) is 0.831. The Morgan fingerprint density at radius 1 is 1.20 bits per heavy atom. The molecule has 0 aromatic heterocycles. The maximum atomic E-state index is 5.93. The Kier molecular flexibility index (Phi) is 3.58. The van der Waals surface area contributed by atoms with Crippen molar-refractivity contribution in [1.82, 2.24) is 0 Å². The van der Waals surface area contributed by atoms with Crippen LogP contribution in [-0.2, 0) is 0 Å². The molecule has 0 saturated carbocycles. The van der Waals surface area contributed by atoms with Crippen molar-refractivity contribution in [3.63, 3.8) is 0 Å². The molecule has 0 bridgehead atoms. The fourth-order valence-electron chi connectivity index (χ4n) is 1.92. The van der Waals surface area contributed by atoms with Crippen LogP contribution in [0.3, 0.4) is 0 Å². The first-order valence-electron chi connectivity index (χ1n) is 5.00. The summed E-state index contributed by atoms with van der Waals surface area (Å²) in [6, 6.07) is 1.96. The second-order valence-electron chi connectivity index (χ2n) is 3.76. The van der Waals surface area contributed by atoms with Crippen LogP contribution in [0.15, 0.2) is 6.07 Å². The van der Waals surface area contributed by atoms with E-state index in [0.717, 1.165) is 28.2 Å². The van der Waals surface area contributed by atoms with Gasteiger partial charge in [-0.1, -0.05) is 0 Å². The molecule has 0 radical (unpaired) electrons. The Bertz CT molecular complexity index is 359. The van der Waals surface area contributed by atoms with E-state index in [-0.39, 0.29) is 6.04 Å². The highest BCUT2D eigenvalue weighted by molar-refractivity contribution is 5.54. The van der Waals surface area contributed by atoms with Gasteiger partial charge in [-0.25, -0.2) is 0 Å². The van der Waals surface area contributed by atoms with Gasteiger partial charge < -0.3 is 15.2 Å². The van der Waals surface area contributed by atoms with Crippen molar-refractivity contribution < 1.29 is 9.47 Å². The van der Waals surface area contributed by atoms with Crippen molar-refractivity contribution in [2.45, 2.75) is 26.8 Å². The summed E-state index contributed by atoms with van der Waals surface area (Å²) < 4.78 is 10.7. The average Bonchev–Trinajstić information content (AvgIpc) is 2.19. The van der Waals surface area contributed by atoms with E-state index in [0.29, 0.717) is 0 Å². The second-order valence-corrected chi connectivity index (χ2v) is 3.76. The number of ether oxygens (including phenoxy) is 2. The largest absolute Gasteiger partial charge is 0.496 e. The Morgan fingerprint density at radius 2 is 1.80 bits per heavy atom. The third-order valence-electron chi connectivity index (χ3n) is 2.61. The summed E-state index contributed by atoms with van der Waals surface area (Å²) in [7, 11) is 3.32. The third kappa shape index (κ3) is 2.07. The van der Waals surface area contributed by atoms with Gasteiger partial charge in [0.1, 0.15) is 11.5 Å². The molecule has 1 atom stereocenters. The molecule has 0 amide bonds. The molecular formula is C12H19NO2. The first kappa shape index (κ1) is 11.9. The Balaban J connectivity index is 3.46. The highest BCUT2D eigenvalue weighted by atomic mass is 16.5.